The number of ether oxygens (including phenoxy) is 1. The van der Waals surface area contributed by atoms with Crippen molar-refractivity contribution in [2.75, 3.05) is 6.61 Å². The summed E-state index contributed by atoms with van der Waals surface area (Å²) in [5.41, 5.74) is 1.04. The van der Waals surface area contributed by atoms with Gasteiger partial charge in [0, 0.05) is 0 Å². The van der Waals surface area contributed by atoms with Crippen LogP contribution in [0.5, 0.6) is 0 Å². The molecule has 0 spiro atoms. The fraction of sp³-hybridized carbons (Fsp3) is 0.700. The molecule has 0 heterocycles. The zero-order chi connectivity index (χ0) is 9.14. The molecule has 12 heavy (non-hydrogen) atoms. The summed E-state index contributed by atoms with van der Waals surface area (Å²) in [4.78, 5) is 11.4. The number of carbonyl (C=O) groups excluding carboxylic acids is 1. The molecule has 2 nitrogen and oxygen atoms in total. The molecule has 2 heteroatoms. The van der Waals surface area contributed by atoms with Crippen LogP contribution in [0.3, 0.4) is 0 Å². The van der Waals surface area contributed by atoms with Crippen LogP contribution < -0.4 is 0 Å². The Labute approximate surface area is 73.6 Å². The predicted octanol–water partition coefficient (Wildman–Crippen LogP) is 2.15. The van der Waals surface area contributed by atoms with E-state index in [1.54, 1.807) is 0 Å². The molecule has 1 saturated carbocycles. The van der Waals surface area contributed by atoms with Gasteiger partial charge in [-0.3, -0.25) is 4.79 Å². The van der Waals surface area contributed by atoms with Crippen molar-refractivity contribution in [3.8, 4) is 0 Å². The second-order valence-corrected chi connectivity index (χ2v) is 3.40. The Morgan fingerprint density at radius 3 is 2.83 bits per heavy atom. The minimum atomic E-state index is -0.0903. The van der Waals surface area contributed by atoms with Gasteiger partial charge in [0.05, 0.1) is 12.5 Å². The van der Waals surface area contributed by atoms with Crippen molar-refractivity contribution in [2.24, 2.45) is 11.8 Å². The van der Waals surface area contributed by atoms with Crippen LogP contribution in [-0.4, -0.2) is 12.6 Å². The average molecular weight is 168 g/mol. The number of hydrogen-bond acceptors (Lipinski definition) is 2. The van der Waals surface area contributed by atoms with Crippen LogP contribution in [0, 0.1) is 11.8 Å². The normalized spacial score (nSPS) is 29.0. The summed E-state index contributed by atoms with van der Waals surface area (Å²) in [5.74, 6) is 0.286. The molecule has 1 rings (SSSR count). The van der Waals surface area contributed by atoms with Gasteiger partial charge in [-0.25, -0.2) is 0 Å². The van der Waals surface area contributed by atoms with Gasteiger partial charge in [0.1, 0.15) is 0 Å². The molecule has 1 aliphatic rings. The molecule has 1 fully saturated rings. The fourth-order valence-corrected chi connectivity index (χ4v) is 1.77. The molecule has 1 aliphatic carbocycles. The van der Waals surface area contributed by atoms with Crippen LogP contribution in [0.1, 0.15) is 26.7 Å². The van der Waals surface area contributed by atoms with Crippen LogP contribution >= 0.6 is 0 Å². The Morgan fingerprint density at radius 1 is 1.75 bits per heavy atom. The van der Waals surface area contributed by atoms with Crippen LogP contribution in [0.15, 0.2) is 12.2 Å². The van der Waals surface area contributed by atoms with Gasteiger partial charge in [-0.05, 0) is 25.7 Å². The molecule has 0 aromatic rings. The van der Waals surface area contributed by atoms with Gasteiger partial charge in [-0.15, -0.1) is 0 Å². The van der Waals surface area contributed by atoms with Gasteiger partial charge in [0.15, 0.2) is 0 Å². The molecule has 2 atom stereocenters. The number of rotatable bonds is 2. The lowest BCUT2D eigenvalue weighted by atomic mass is 9.96. The highest BCUT2D eigenvalue weighted by molar-refractivity contribution is 5.76. The van der Waals surface area contributed by atoms with E-state index in [0.29, 0.717) is 12.5 Å². The van der Waals surface area contributed by atoms with E-state index in [4.69, 9.17) is 4.74 Å². The summed E-state index contributed by atoms with van der Waals surface area (Å²) in [6.07, 6.45) is 2.05. The summed E-state index contributed by atoms with van der Waals surface area (Å²) in [6, 6.07) is 0. The lowest BCUT2D eigenvalue weighted by molar-refractivity contribution is -0.147. The second-order valence-electron chi connectivity index (χ2n) is 3.40. The van der Waals surface area contributed by atoms with Gasteiger partial charge in [0.2, 0.25) is 0 Å². The molecule has 0 amide bonds. The first-order valence-electron chi connectivity index (χ1n) is 4.51. The molecule has 2 unspecified atom stereocenters. The Hall–Kier alpha value is -0.790. The smallest absolute Gasteiger partial charge is 0.313 e. The third-order valence-electron chi connectivity index (χ3n) is 2.47. The van der Waals surface area contributed by atoms with E-state index in [1.807, 2.05) is 6.92 Å². The average Bonchev–Trinajstić information content (AvgIpc) is 2.32. The van der Waals surface area contributed by atoms with Crippen LogP contribution in [-0.2, 0) is 9.53 Å². The molecular formula is C10H16O2. The Morgan fingerprint density at radius 2 is 2.42 bits per heavy atom. The molecule has 0 aliphatic heterocycles. The first-order valence-corrected chi connectivity index (χ1v) is 4.51. The maximum absolute atomic E-state index is 11.4. The lowest BCUT2D eigenvalue weighted by Gasteiger charge is -2.14. The van der Waals surface area contributed by atoms with Crippen molar-refractivity contribution in [1.29, 1.82) is 0 Å². The minimum absolute atomic E-state index is 0.0371. The number of esters is 1. The third-order valence-corrected chi connectivity index (χ3v) is 2.47. The van der Waals surface area contributed by atoms with E-state index in [9.17, 15) is 4.79 Å². The highest BCUT2D eigenvalue weighted by atomic mass is 16.5. The zero-order valence-corrected chi connectivity index (χ0v) is 7.80. The van der Waals surface area contributed by atoms with E-state index in [2.05, 4.69) is 13.5 Å². The fourth-order valence-electron chi connectivity index (χ4n) is 1.77. The summed E-state index contributed by atoms with van der Waals surface area (Å²) in [7, 11) is 0. The molecular weight excluding hydrogens is 152 g/mol. The van der Waals surface area contributed by atoms with Gasteiger partial charge in [-0.2, -0.15) is 0 Å². The summed E-state index contributed by atoms with van der Waals surface area (Å²) >= 11 is 0. The standard InChI is InChI=1S/C10H16O2/c1-4-12-10(11)9-7(2)5-6-8(9)3/h8-9H,2,4-6H2,1,3H3. The Bertz CT molecular complexity index is 196. The Balaban J connectivity index is 2.59. The SMILES string of the molecule is C=C1CCC(C)C1C(=O)OCC. The van der Waals surface area contributed by atoms with Crippen molar-refractivity contribution in [2.45, 2.75) is 26.7 Å². The topological polar surface area (TPSA) is 26.3 Å². The van der Waals surface area contributed by atoms with Gasteiger partial charge in [-0.1, -0.05) is 19.1 Å². The van der Waals surface area contributed by atoms with Crippen LogP contribution in [0.4, 0.5) is 0 Å². The summed E-state index contributed by atoms with van der Waals surface area (Å²) < 4.78 is 4.97. The largest absolute Gasteiger partial charge is 0.466 e. The monoisotopic (exact) mass is 168 g/mol. The highest BCUT2D eigenvalue weighted by Gasteiger charge is 2.33. The van der Waals surface area contributed by atoms with Crippen LogP contribution in [0.25, 0.3) is 0 Å². The van der Waals surface area contributed by atoms with E-state index < -0.39 is 0 Å². The molecule has 0 N–H and O–H groups in total. The Kier molecular flexibility index (Phi) is 2.90. The van der Waals surface area contributed by atoms with E-state index >= 15 is 0 Å². The maximum Gasteiger partial charge on any atom is 0.313 e. The summed E-state index contributed by atoms with van der Waals surface area (Å²) in [6.45, 7) is 8.27. The van der Waals surface area contributed by atoms with Gasteiger partial charge >= 0.3 is 5.97 Å². The minimum Gasteiger partial charge on any atom is -0.466 e. The highest BCUT2D eigenvalue weighted by Crippen LogP contribution is 2.35. The lowest BCUT2D eigenvalue weighted by Crippen LogP contribution is -2.20. The third kappa shape index (κ3) is 1.68. The molecule has 0 bridgehead atoms. The van der Waals surface area contributed by atoms with Gasteiger partial charge < -0.3 is 4.74 Å². The van der Waals surface area contributed by atoms with E-state index in [-0.39, 0.29) is 11.9 Å². The molecule has 0 aromatic carbocycles. The molecule has 0 saturated heterocycles. The second kappa shape index (κ2) is 3.74. The van der Waals surface area contributed by atoms with E-state index in [1.165, 1.54) is 0 Å². The maximum atomic E-state index is 11.4. The van der Waals surface area contributed by atoms with Gasteiger partial charge in [0.25, 0.3) is 0 Å². The molecule has 68 valence electrons. The quantitative estimate of drug-likeness (QED) is 0.466. The molecule has 0 radical (unpaired) electrons. The first kappa shape index (κ1) is 9.30. The van der Waals surface area contributed by atoms with Crippen molar-refractivity contribution in [3.63, 3.8) is 0 Å². The van der Waals surface area contributed by atoms with Crippen molar-refractivity contribution < 1.29 is 9.53 Å². The summed E-state index contributed by atoms with van der Waals surface area (Å²) in [5, 5.41) is 0. The number of hydrogen-bond donors (Lipinski definition) is 0. The first-order chi connectivity index (χ1) is 5.66. The zero-order valence-electron chi connectivity index (χ0n) is 7.80. The number of carbonyl (C=O) groups is 1. The van der Waals surface area contributed by atoms with Crippen molar-refractivity contribution >= 4 is 5.97 Å². The van der Waals surface area contributed by atoms with Crippen molar-refractivity contribution in [1.82, 2.24) is 0 Å². The van der Waals surface area contributed by atoms with E-state index in [0.717, 1.165) is 18.4 Å². The molecule has 0 aromatic heterocycles. The van der Waals surface area contributed by atoms with Crippen LogP contribution in [0.2, 0.25) is 0 Å². The predicted molar refractivity (Wildman–Crippen MR) is 47.7 cm³/mol. The van der Waals surface area contributed by atoms with Crippen molar-refractivity contribution in [3.05, 3.63) is 12.2 Å².